The summed E-state index contributed by atoms with van der Waals surface area (Å²) in [6.07, 6.45) is 5.45. The Morgan fingerprint density at radius 1 is 1.19 bits per heavy atom. The molecule has 21 heavy (non-hydrogen) atoms. The van der Waals surface area contributed by atoms with E-state index in [9.17, 15) is 4.79 Å². The lowest BCUT2D eigenvalue weighted by Crippen LogP contribution is -2.33. The average Bonchev–Trinajstić information content (AvgIpc) is 2.76. The standard InChI is InChI=1S/C18H26N2O/c21-17(14-20-11-4-9-19-10-12-20)13-16-7-3-6-15-5-1-2-8-18(15)16/h1-2,5,8,16,19H,3-4,6-7,9-14H2. The van der Waals surface area contributed by atoms with Crippen LogP contribution in [-0.4, -0.2) is 43.4 Å². The van der Waals surface area contributed by atoms with E-state index >= 15 is 0 Å². The fourth-order valence-corrected chi connectivity index (χ4v) is 3.72. The van der Waals surface area contributed by atoms with Crippen LogP contribution in [0.3, 0.4) is 0 Å². The van der Waals surface area contributed by atoms with Gasteiger partial charge in [0.2, 0.25) is 0 Å². The summed E-state index contributed by atoms with van der Waals surface area (Å²) >= 11 is 0. The number of Topliss-reactive ketones (excluding diaryl/α,β-unsaturated/α-hetero) is 1. The van der Waals surface area contributed by atoms with E-state index in [0.29, 0.717) is 18.2 Å². The van der Waals surface area contributed by atoms with Gasteiger partial charge in [0.1, 0.15) is 5.78 Å². The van der Waals surface area contributed by atoms with Crippen molar-refractivity contribution in [2.45, 2.75) is 38.0 Å². The lowest BCUT2D eigenvalue weighted by atomic mass is 9.80. The first-order valence-electron chi connectivity index (χ1n) is 8.35. The van der Waals surface area contributed by atoms with Crippen molar-refractivity contribution in [2.24, 2.45) is 0 Å². The van der Waals surface area contributed by atoms with Crippen LogP contribution in [0.4, 0.5) is 0 Å². The topological polar surface area (TPSA) is 32.3 Å². The molecule has 1 aliphatic carbocycles. The Morgan fingerprint density at radius 3 is 3.05 bits per heavy atom. The Kier molecular flexibility index (Phi) is 5.04. The highest BCUT2D eigenvalue weighted by Gasteiger charge is 2.23. The molecular formula is C18H26N2O. The van der Waals surface area contributed by atoms with Gasteiger partial charge in [-0.25, -0.2) is 0 Å². The number of carbonyl (C=O) groups is 1. The number of hydrogen-bond donors (Lipinski definition) is 1. The fourth-order valence-electron chi connectivity index (χ4n) is 3.72. The molecule has 3 nitrogen and oxygen atoms in total. The molecule has 1 aliphatic heterocycles. The van der Waals surface area contributed by atoms with Crippen LogP contribution in [0.1, 0.15) is 42.7 Å². The van der Waals surface area contributed by atoms with E-state index in [1.54, 1.807) is 0 Å². The van der Waals surface area contributed by atoms with Crippen LogP contribution in [-0.2, 0) is 11.2 Å². The second-order valence-electron chi connectivity index (χ2n) is 6.41. The van der Waals surface area contributed by atoms with Gasteiger partial charge < -0.3 is 5.32 Å². The number of aryl methyl sites for hydroxylation is 1. The smallest absolute Gasteiger partial charge is 0.147 e. The lowest BCUT2D eigenvalue weighted by Gasteiger charge is -2.26. The molecule has 1 fully saturated rings. The molecule has 1 atom stereocenters. The molecule has 1 heterocycles. The summed E-state index contributed by atoms with van der Waals surface area (Å²) in [5, 5.41) is 3.39. The molecule has 0 amide bonds. The number of ketones is 1. The normalized spacial score (nSPS) is 23.3. The number of nitrogens with one attached hydrogen (secondary N) is 1. The highest BCUT2D eigenvalue weighted by molar-refractivity contribution is 5.81. The molecule has 0 aromatic heterocycles. The van der Waals surface area contributed by atoms with Crippen molar-refractivity contribution in [2.75, 3.05) is 32.7 Å². The molecule has 1 aromatic rings. The van der Waals surface area contributed by atoms with E-state index in [-0.39, 0.29) is 0 Å². The van der Waals surface area contributed by atoms with Crippen LogP contribution in [0.5, 0.6) is 0 Å². The summed E-state index contributed by atoms with van der Waals surface area (Å²) in [4.78, 5) is 14.8. The maximum absolute atomic E-state index is 12.4. The number of benzene rings is 1. The molecule has 3 heteroatoms. The second-order valence-corrected chi connectivity index (χ2v) is 6.41. The Hall–Kier alpha value is -1.19. The van der Waals surface area contributed by atoms with Crippen LogP contribution in [0, 0.1) is 0 Å². The number of rotatable bonds is 4. The molecule has 1 unspecified atom stereocenters. The number of hydrogen-bond acceptors (Lipinski definition) is 3. The van der Waals surface area contributed by atoms with E-state index in [4.69, 9.17) is 0 Å². The van der Waals surface area contributed by atoms with Crippen LogP contribution < -0.4 is 5.32 Å². The first-order chi connectivity index (χ1) is 10.3. The zero-order valence-corrected chi connectivity index (χ0v) is 12.8. The molecule has 0 saturated carbocycles. The van der Waals surface area contributed by atoms with Gasteiger partial charge in [0.15, 0.2) is 0 Å². The maximum atomic E-state index is 12.4. The predicted octanol–water partition coefficient (Wildman–Crippen LogP) is 2.36. The summed E-state index contributed by atoms with van der Waals surface area (Å²) in [6, 6.07) is 8.68. The van der Waals surface area contributed by atoms with Gasteiger partial charge in [0.25, 0.3) is 0 Å². The summed E-state index contributed by atoms with van der Waals surface area (Å²) in [6.45, 7) is 4.80. The van der Waals surface area contributed by atoms with Crippen molar-refractivity contribution in [3.8, 4) is 0 Å². The largest absolute Gasteiger partial charge is 0.315 e. The minimum absolute atomic E-state index is 0.415. The molecule has 0 bridgehead atoms. The molecule has 3 rings (SSSR count). The summed E-state index contributed by atoms with van der Waals surface area (Å²) in [5.41, 5.74) is 2.88. The fraction of sp³-hybridized carbons (Fsp3) is 0.611. The zero-order valence-electron chi connectivity index (χ0n) is 12.8. The third kappa shape index (κ3) is 3.92. The van der Waals surface area contributed by atoms with Gasteiger partial charge in [-0.3, -0.25) is 9.69 Å². The molecule has 1 aromatic carbocycles. The second kappa shape index (κ2) is 7.19. The number of carbonyl (C=O) groups excluding carboxylic acids is 1. The Labute approximate surface area is 127 Å². The molecule has 0 spiro atoms. The average molecular weight is 286 g/mol. The number of nitrogens with zero attached hydrogens (tertiary/aromatic N) is 1. The summed E-state index contributed by atoms with van der Waals surface area (Å²) < 4.78 is 0. The lowest BCUT2D eigenvalue weighted by molar-refractivity contribution is -0.120. The van der Waals surface area contributed by atoms with Crippen LogP contribution in [0.2, 0.25) is 0 Å². The predicted molar refractivity (Wildman–Crippen MR) is 85.7 cm³/mol. The summed E-state index contributed by atoms with van der Waals surface area (Å²) in [7, 11) is 0. The van der Waals surface area contributed by atoms with Crippen molar-refractivity contribution in [3.63, 3.8) is 0 Å². The Balaban J connectivity index is 1.58. The van der Waals surface area contributed by atoms with Gasteiger partial charge in [-0.15, -0.1) is 0 Å². The molecule has 2 aliphatic rings. The monoisotopic (exact) mass is 286 g/mol. The maximum Gasteiger partial charge on any atom is 0.147 e. The van der Waals surface area contributed by atoms with Gasteiger partial charge in [-0.2, -0.15) is 0 Å². The van der Waals surface area contributed by atoms with E-state index in [2.05, 4.69) is 34.5 Å². The van der Waals surface area contributed by atoms with E-state index < -0.39 is 0 Å². The van der Waals surface area contributed by atoms with Crippen molar-refractivity contribution in [1.29, 1.82) is 0 Å². The van der Waals surface area contributed by atoms with E-state index in [1.807, 2.05) is 0 Å². The minimum Gasteiger partial charge on any atom is -0.315 e. The Morgan fingerprint density at radius 2 is 2.10 bits per heavy atom. The van der Waals surface area contributed by atoms with Gasteiger partial charge in [0.05, 0.1) is 6.54 Å². The Bertz CT molecular complexity index is 478. The van der Waals surface area contributed by atoms with Crippen LogP contribution in [0.25, 0.3) is 0 Å². The van der Waals surface area contributed by atoms with E-state index in [0.717, 1.165) is 39.0 Å². The van der Waals surface area contributed by atoms with Gasteiger partial charge in [0, 0.05) is 19.5 Å². The molecule has 1 N–H and O–H groups in total. The van der Waals surface area contributed by atoms with Gasteiger partial charge >= 0.3 is 0 Å². The molecule has 0 radical (unpaired) electrons. The van der Waals surface area contributed by atoms with E-state index in [1.165, 1.54) is 30.4 Å². The van der Waals surface area contributed by atoms with Crippen LogP contribution >= 0.6 is 0 Å². The molecular weight excluding hydrogens is 260 g/mol. The third-order valence-electron chi connectivity index (χ3n) is 4.80. The van der Waals surface area contributed by atoms with Crippen molar-refractivity contribution in [3.05, 3.63) is 35.4 Å². The van der Waals surface area contributed by atoms with Gasteiger partial charge in [-0.1, -0.05) is 24.3 Å². The molecule has 114 valence electrons. The third-order valence-corrected chi connectivity index (χ3v) is 4.80. The van der Waals surface area contributed by atoms with Crippen molar-refractivity contribution < 1.29 is 4.79 Å². The zero-order chi connectivity index (χ0) is 14.5. The quantitative estimate of drug-likeness (QED) is 0.922. The first kappa shape index (κ1) is 14.7. The minimum atomic E-state index is 0.415. The van der Waals surface area contributed by atoms with Crippen molar-refractivity contribution >= 4 is 5.78 Å². The summed E-state index contributed by atoms with van der Waals surface area (Å²) in [5.74, 6) is 0.867. The number of fused-ring (bicyclic) bond motifs is 1. The highest BCUT2D eigenvalue weighted by Crippen LogP contribution is 2.33. The van der Waals surface area contributed by atoms with Gasteiger partial charge in [-0.05, 0) is 55.8 Å². The van der Waals surface area contributed by atoms with Crippen molar-refractivity contribution in [1.82, 2.24) is 10.2 Å². The van der Waals surface area contributed by atoms with Crippen LogP contribution in [0.15, 0.2) is 24.3 Å². The highest BCUT2D eigenvalue weighted by atomic mass is 16.1. The molecule has 1 saturated heterocycles. The first-order valence-corrected chi connectivity index (χ1v) is 8.35. The SMILES string of the molecule is O=C(CC1CCCc2ccccc21)CN1CCCNCC1.